The van der Waals surface area contributed by atoms with E-state index in [0.29, 0.717) is 11.5 Å². The maximum absolute atomic E-state index is 5.13. The molecular formula is C15H21ClN4OS. The molecule has 4 rings (SSSR count). The lowest BCUT2D eigenvalue weighted by Gasteiger charge is -2.28. The lowest BCUT2D eigenvalue weighted by molar-refractivity contribution is 0.186. The molecule has 1 aliphatic carbocycles. The first-order chi connectivity index (χ1) is 10.4. The van der Waals surface area contributed by atoms with Gasteiger partial charge in [0, 0.05) is 24.2 Å². The predicted octanol–water partition coefficient (Wildman–Crippen LogP) is 2.70. The second-order valence-electron chi connectivity index (χ2n) is 6.14. The topological polar surface area (TPSA) is 54.2 Å². The molecule has 2 fully saturated rings. The van der Waals surface area contributed by atoms with Gasteiger partial charge < -0.3 is 9.73 Å². The third-order valence-corrected chi connectivity index (χ3v) is 5.62. The summed E-state index contributed by atoms with van der Waals surface area (Å²) < 4.78 is 5.13. The van der Waals surface area contributed by atoms with Crippen LogP contribution >= 0.6 is 23.7 Å². The predicted molar refractivity (Wildman–Crippen MR) is 88.1 cm³/mol. The van der Waals surface area contributed by atoms with Gasteiger partial charge in [-0.1, -0.05) is 0 Å². The van der Waals surface area contributed by atoms with Gasteiger partial charge in [-0.15, -0.1) is 23.7 Å². The second-order valence-corrected chi connectivity index (χ2v) is 7.12. The Morgan fingerprint density at radius 2 is 2.18 bits per heavy atom. The molecule has 22 heavy (non-hydrogen) atoms. The molecule has 0 bridgehead atoms. The molecular weight excluding hydrogens is 320 g/mol. The van der Waals surface area contributed by atoms with Gasteiger partial charge in [0.2, 0.25) is 0 Å². The monoisotopic (exact) mass is 340 g/mol. The molecule has 0 aromatic carbocycles. The summed E-state index contributed by atoms with van der Waals surface area (Å²) in [4.78, 5) is 11.3. The Morgan fingerprint density at radius 3 is 2.86 bits per heavy atom. The molecule has 1 saturated carbocycles. The summed E-state index contributed by atoms with van der Waals surface area (Å²) in [5.41, 5.74) is 1.55. The van der Waals surface area contributed by atoms with Crippen LogP contribution in [0.4, 0.5) is 0 Å². The zero-order chi connectivity index (χ0) is 14.1. The summed E-state index contributed by atoms with van der Waals surface area (Å²) in [6.07, 6.45) is 9.07. The van der Waals surface area contributed by atoms with Crippen LogP contribution in [0.25, 0.3) is 0 Å². The van der Waals surface area contributed by atoms with Crippen LogP contribution in [-0.2, 0) is 13.1 Å². The van der Waals surface area contributed by atoms with Crippen LogP contribution in [0.5, 0.6) is 0 Å². The van der Waals surface area contributed by atoms with Crippen LogP contribution in [0.2, 0.25) is 0 Å². The molecule has 0 radical (unpaired) electrons. The van der Waals surface area contributed by atoms with E-state index in [1.54, 1.807) is 17.6 Å². The highest BCUT2D eigenvalue weighted by molar-refractivity contribution is 7.09. The Kier molecular flexibility index (Phi) is 4.82. The van der Waals surface area contributed by atoms with E-state index < -0.39 is 0 Å². The summed E-state index contributed by atoms with van der Waals surface area (Å²) in [5, 5.41) is 6.72. The zero-order valence-corrected chi connectivity index (χ0v) is 14.0. The maximum Gasteiger partial charge on any atom is 0.180 e. The third-order valence-electron chi connectivity index (χ3n) is 4.86. The van der Waals surface area contributed by atoms with Crippen molar-refractivity contribution in [3.05, 3.63) is 34.9 Å². The first-order valence-electron chi connectivity index (χ1n) is 7.56. The van der Waals surface area contributed by atoms with E-state index in [1.807, 2.05) is 6.20 Å². The Morgan fingerprint density at radius 1 is 1.32 bits per heavy atom. The van der Waals surface area contributed by atoms with E-state index in [-0.39, 0.29) is 12.4 Å². The molecule has 2 aromatic rings. The molecule has 7 heteroatoms. The van der Waals surface area contributed by atoms with Crippen molar-refractivity contribution in [2.24, 2.45) is 5.41 Å². The van der Waals surface area contributed by atoms with Crippen molar-refractivity contribution in [3.8, 4) is 0 Å². The number of oxazole rings is 1. The number of piperidine rings is 1. The molecule has 1 unspecified atom stereocenters. The lowest BCUT2D eigenvalue weighted by Crippen LogP contribution is -2.35. The highest BCUT2D eigenvalue weighted by Crippen LogP contribution is 2.56. The van der Waals surface area contributed by atoms with Crippen LogP contribution in [0, 0.1) is 5.41 Å². The molecule has 3 heterocycles. The first-order valence-corrected chi connectivity index (χ1v) is 8.44. The molecule has 1 aliphatic heterocycles. The van der Waals surface area contributed by atoms with Gasteiger partial charge in [0.15, 0.2) is 6.39 Å². The summed E-state index contributed by atoms with van der Waals surface area (Å²) in [6.45, 7) is 4.09. The molecule has 1 saturated heterocycles. The Hall–Kier alpha value is -0.950. The summed E-state index contributed by atoms with van der Waals surface area (Å²) >= 11 is 1.74. The van der Waals surface area contributed by atoms with E-state index in [0.717, 1.165) is 31.9 Å². The fourth-order valence-corrected chi connectivity index (χ4v) is 4.25. The highest BCUT2D eigenvalue weighted by Gasteiger charge is 2.56. The number of thiazole rings is 1. The largest absolute Gasteiger partial charge is 0.451 e. The van der Waals surface area contributed by atoms with Gasteiger partial charge >= 0.3 is 0 Å². The van der Waals surface area contributed by atoms with Crippen molar-refractivity contribution in [3.63, 3.8) is 0 Å². The van der Waals surface area contributed by atoms with E-state index in [1.165, 1.54) is 30.7 Å². The van der Waals surface area contributed by atoms with Crippen LogP contribution in [0.1, 0.15) is 30.0 Å². The number of nitrogens with zero attached hydrogens (tertiary/aromatic N) is 3. The normalized spacial score (nSPS) is 22.7. The number of nitrogens with one attached hydrogen (secondary N) is 1. The van der Waals surface area contributed by atoms with Crippen molar-refractivity contribution < 1.29 is 4.42 Å². The quantitative estimate of drug-likeness (QED) is 0.907. The number of hydrogen-bond acceptors (Lipinski definition) is 6. The van der Waals surface area contributed by atoms with Crippen LogP contribution in [0.3, 0.4) is 0 Å². The van der Waals surface area contributed by atoms with E-state index >= 15 is 0 Å². The van der Waals surface area contributed by atoms with Crippen molar-refractivity contribution >= 4 is 23.7 Å². The highest BCUT2D eigenvalue weighted by atomic mass is 35.5. The molecule has 1 N–H and O–H groups in total. The summed E-state index contributed by atoms with van der Waals surface area (Å²) in [6, 6.07) is 0.667. The maximum atomic E-state index is 5.13. The van der Waals surface area contributed by atoms with Crippen molar-refractivity contribution in [1.29, 1.82) is 0 Å². The number of aromatic nitrogens is 2. The minimum atomic E-state index is 0. The van der Waals surface area contributed by atoms with Gasteiger partial charge in [-0.25, -0.2) is 9.97 Å². The molecule has 0 amide bonds. The molecule has 1 spiro atoms. The van der Waals surface area contributed by atoms with Crippen LogP contribution < -0.4 is 5.32 Å². The molecule has 120 valence electrons. The number of hydrogen-bond donors (Lipinski definition) is 1. The van der Waals surface area contributed by atoms with Gasteiger partial charge in [0.25, 0.3) is 0 Å². The average Bonchev–Trinajstić information content (AvgIpc) is 2.96. The third kappa shape index (κ3) is 3.20. The minimum absolute atomic E-state index is 0. The summed E-state index contributed by atoms with van der Waals surface area (Å²) in [7, 11) is 0. The van der Waals surface area contributed by atoms with Crippen molar-refractivity contribution in [2.45, 2.75) is 38.4 Å². The van der Waals surface area contributed by atoms with Crippen LogP contribution in [-0.4, -0.2) is 34.0 Å². The SMILES string of the molecule is Cl.c1csc(CN(Cc2cocn2)C2CC23CCNCC3)n1. The van der Waals surface area contributed by atoms with E-state index in [4.69, 9.17) is 4.42 Å². The smallest absolute Gasteiger partial charge is 0.180 e. The first kappa shape index (κ1) is 15.9. The minimum Gasteiger partial charge on any atom is -0.451 e. The number of rotatable bonds is 5. The van der Waals surface area contributed by atoms with Gasteiger partial charge in [0.1, 0.15) is 11.3 Å². The fourth-order valence-electron chi connectivity index (χ4n) is 3.61. The van der Waals surface area contributed by atoms with E-state index in [9.17, 15) is 0 Å². The molecule has 2 aromatic heterocycles. The number of halogens is 1. The summed E-state index contributed by atoms with van der Waals surface area (Å²) in [5.74, 6) is 0. The lowest BCUT2D eigenvalue weighted by atomic mass is 9.93. The fraction of sp³-hybridized carbons (Fsp3) is 0.600. The van der Waals surface area contributed by atoms with Gasteiger partial charge in [-0.2, -0.15) is 0 Å². The van der Waals surface area contributed by atoms with Crippen molar-refractivity contribution in [2.75, 3.05) is 13.1 Å². The Bertz CT molecular complexity index is 532. The van der Waals surface area contributed by atoms with Gasteiger partial charge in [-0.05, 0) is 37.8 Å². The van der Waals surface area contributed by atoms with Crippen molar-refractivity contribution in [1.82, 2.24) is 20.2 Å². The molecule has 5 nitrogen and oxygen atoms in total. The van der Waals surface area contributed by atoms with Gasteiger partial charge in [-0.3, -0.25) is 4.90 Å². The molecule has 1 atom stereocenters. The van der Waals surface area contributed by atoms with E-state index in [2.05, 4.69) is 25.6 Å². The average molecular weight is 341 g/mol. The Balaban J connectivity index is 0.00000144. The standard InChI is InChI=1S/C15H20N4OS.ClH/c1-3-16-4-2-15(1)7-13(15)19(8-12-10-20-11-18-12)9-14-17-5-6-21-14;/h5-6,10-11,13,16H,1-4,7-9H2;1H. The zero-order valence-electron chi connectivity index (χ0n) is 12.4. The van der Waals surface area contributed by atoms with Gasteiger partial charge in [0.05, 0.1) is 12.2 Å². The Labute approximate surface area is 140 Å². The van der Waals surface area contributed by atoms with Crippen LogP contribution in [0.15, 0.2) is 28.7 Å². The molecule has 2 aliphatic rings. The second kappa shape index (κ2) is 6.66.